The summed E-state index contributed by atoms with van der Waals surface area (Å²) in [5.74, 6) is 6.49. The van der Waals surface area contributed by atoms with Crippen LogP contribution in [0.4, 0.5) is 11.6 Å². The molecule has 1 aromatic carbocycles. The van der Waals surface area contributed by atoms with E-state index < -0.39 is 5.60 Å². The van der Waals surface area contributed by atoms with Gasteiger partial charge in [-0.05, 0) is 62.1 Å². The number of fused-ring (bicyclic) bond motifs is 1. The Balaban J connectivity index is 1.59. The van der Waals surface area contributed by atoms with Crippen molar-refractivity contribution in [2.45, 2.75) is 37.7 Å². The van der Waals surface area contributed by atoms with Crippen molar-refractivity contribution in [2.75, 3.05) is 11.1 Å². The molecule has 0 unspecified atom stereocenters. The molecule has 0 radical (unpaired) electrons. The van der Waals surface area contributed by atoms with Crippen LogP contribution in [0.2, 0.25) is 0 Å². The summed E-state index contributed by atoms with van der Waals surface area (Å²) in [6.45, 7) is 0. The van der Waals surface area contributed by atoms with Crippen LogP contribution in [-0.4, -0.2) is 36.1 Å². The highest BCUT2D eigenvalue weighted by Gasteiger charge is 2.26. The smallest absolute Gasteiger partial charge is 0.272 e. The van der Waals surface area contributed by atoms with E-state index in [2.05, 4.69) is 32.1 Å². The van der Waals surface area contributed by atoms with Crippen LogP contribution in [0.1, 0.15) is 48.2 Å². The van der Waals surface area contributed by atoms with E-state index in [4.69, 9.17) is 5.73 Å². The van der Waals surface area contributed by atoms with Gasteiger partial charge in [0.05, 0.1) is 5.52 Å². The van der Waals surface area contributed by atoms with Crippen molar-refractivity contribution in [1.82, 2.24) is 19.5 Å². The molecule has 1 saturated carbocycles. The van der Waals surface area contributed by atoms with E-state index >= 15 is 0 Å². The second-order valence-corrected chi connectivity index (χ2v) is 8.44. The zero-order valence-corrected chi connectivity index (χ0v) is 18.5. The maximum absolute atomic E-state index is 13.2. The SMILES string of the molecule is Nc1nccc(-n2c(C(=O)Nc3ccncc3)cc3ccc(C#CC4(O)CCCCC4)cc32)n1. The van der Waals surface area contributed by atoms with E-state index in [1.165, 1.54) is 0 Å². The fourth-order valence-corrected chi connectivity index (χ4v) is 4.26. The number of hydrogen-bond acceptors (Lipinski definition) is 6. The van der Waals surface area contributed by atoms with Crippen molar-refractivity contribution < 1.29 is 9.90 Å². The third-order valence-corrected chi connectivity index (χ3v) is 5.98. The quantitative estimate of drug-likeness (QED) is 0.408. The lowest BCUT2D eigenvalue weighted by Crippen LogP contribution is -2.29. The number of amides is 1. The average Bonchev–Trinajstić information content (AvgIpc) is 3.23. The molecule has 0 aliphatic heterocycles. The largest absolute Gasteiger partial charge is 0.378 e. The van der Waals surface area contributed by atoms with Crippen molar-refractivity contribution in [3.63, 3.8) is 0 Å². The van der Waals surface area contributed by atoms with Gasteiger partial charge in [-0.2, -0.15) is 4.98 Å². The fraction of sp³-hybridized carbons (Fsp3) is 0.231. The van der Waals surface area contributed by atoms with Gasteiger partial charge in [0.2, 0.25) is 5.95 Å². The topological polar surface area (TPSA) is 119 Å². The van der Waals surface area contributed by atoms with Gasteiger partial charge < -0.3 is 16.2 Å². The summed E-state index contributed by atoms with van der Waals surface area (Å²) in [7, 11) is 0. The van der Waals surface area contributed by atoms with Crippen LogP contribution in [0.5, 0.6) is 0 Å². The van der Waals surface area contributed by atoms with Crippen LogP contribution in [-0.2, 0) is 0 Å². The molecular weight excluding hydrogens is 428 g/mol. The van der Waals surface area contributed by atoms with Crippen molar-refractivity contribution in [2.24, 2.45) is 0 Å². The van der Waals surface area contributed by atoms with Gasteiger partial charge >= 0.3 is 0 Å². The Morgan fingerprint density at radius 3 is 2.62 bits per heavy atom. The highest BCUT2D eigenvalue weighted by molar-refractivity contribution is 6.07. The molecule has 4 aromatic rings. The van der Waals surface area contributed by atoms with E-state index in [0.29, 0.717) is 30.0 Å². The molecule has 0 bridgehead atoms. The monoisotopic (exact) mass is 452 g/mol. The maximum Gasteiger partial charge on any atom is 0.272 e. The third-order valence-electron chi connectivity index (χ3n) is 5.98. The van der Waals surface area contributed by atoms with Crippen molar-refractivity contribution in [3.05, 3.63) is 72.3 Å². The molecule has 4 N–H and O–H groups in total. The zero-order chi connectivity index (χ0) is 23.5. The van der Waals surface area contributed by atoms with Crippen LogP contribution in [0.25, 0.3) is 16.7 Å². The third kappa shape index (κ3) is 4.47. The van der Waals surface area contributed by atoms with Gasteiger partial charge in [-0.3, -0.25) is 14.3 Å². The van der Waals surface area contributed by atoms with E-state index in [-0.39, 0.29) is 11.9 Å². The molecule has 0 saturated heterocycles. The molecule has 8 nitrogen and oxygen atoms in total. The lowest BCUT2D eigenvalue weighted by molar-refractivity contribution is 0.0610. The number of carbonyl (C=O) groups is 1. The summed E-state index contributed by atoms with van der Waals surface area (Å²) >= 11 is 0. The van der Waals surface area contributed by atoms with Crippen molar-refractivity contribution >= 4 is 28.4 Å². The van der Waals surface area contributed by atoms with Crippen molar-refractivity contribution in [3.8, 4) is 17.7 Å². The maximum atomic E-state index is 13.2. The summed E-state index contributed by atoms with van der Waals surface area (Å²) in [5, 5.41) is 14.5. The number of nitrogen functional groups attached to an aromatic ring is 1. The normalized spacial score (nSPS) is 14.9. The standard InChI is InChI=1S/C26H24N6O2/c27-25-29-15-9-23(31-25)32-21-16-18(6-12-26(34)10-2-1-3-11-26)4-5-19(21)17-22(32)24(33)30-20-7-13-28-14-8-20/h4-5,7-9,13-17,34H,1-3,10-11H2,(H2,27,29,31)(H,28,30,33). The highest BCUT2D eigenvalue weighted by atomic mass is 16.3. The number of aromatic nitrogens is 4. The molecule has 1 aliphatic carbocycles. The number of benzene rings is 1. The molecular formula is C26H24N6O2. The summed E-state index contributed by atoms with van der Waals surface area (Å²) < 4.78 is 1.74. The number of carbonyl (C=O) groups excluding carboxylic acids is 1. The molecule has 8 heteroatoms. The summed E-state index contributed by atoms with van der Waals surface area (Å²) in [6, 6.07) is 12.6. The molecule has 34 heavy (non-hydrogen) atoms. The number of pyridine rings is 1. The first kappa shape index (κ1) is 21.6. The molecule has 170 valence electrons. The second-order valence-electron chi connectivity index (χ2n) is 8.44. The summed E-state index contributed by atoms with van der Waals surface area (Å²) in [4.78, 5) is 25.5. The van der Waals surface area contributed by atoms with Gasteiger partial charge in [0.25, 0.3) is 5.91 Å². The lowest BCUT2D eigenvalue weighted by Gasteiger charge is -2.26. The Bertz CT molecular complexity index is 1410. The van der Waals surface area contributed by atoms with Crippen LogP contribution >= 0.6 is 0 Å². The Labute approximate surface area is 196 Å². The minimum absolute atomic E-state index is 0.107. The van der Waals surface area contributed by atoms with Gasteiger partial charge in [-0.25, -0.2) is 4.98 Å². The number of nitrogens with one attached hydrogen (secondary N) is 1. The second kappa shape index (κ2) is 8.96. The Morgan fingerprint density at radius 2 is 1.85 bits per heavy atom. The molecule has 1 aliphatic rings. The molecule has 0 atom stereocenters. The summed E-state index contributed by atoms with van der Waals surface area (Å²) in [5.41, 5.74) is 7.42. The number of hydrogen-bond donors (Lipinski definition) is 3. The molecule has 3 heterocycles. The lowest BCUT2D eigenvalue weighted by atomic mass is 9.85. The van der Waals surface area contributed by atoms with Gasteiger partial charge in [0.1, 0.15) is 17.1 Å². The number of nitrogens with zero attached hydrogens (tertiary/aromatic N) is 4. The van der Waals surface area contributed by atoms with Crippen LogP contribution < -0.4 is 11.1 Å². The van der Waals surface area contributed by atoms with E-state index in [9.17, 15) is 9.90 Å². The first-order chi connectivity index (χ1) is 16.5. The molecule has 1 amide bonds. The Morgan fingerprint density at radius 1 is 1.06 bits per heavy atom. The number of anilines is 2. The highest BCUT2D eigenvalue weighted by Crippen LogP contribution is 2.28. The van der Waals surface area contributed by atoms with E-state index in [1.54, 1.807) is 47.4 Å². The molecule has 5 rings (SSSR count). The molecule has 3 aromatic heterocycles. The molecule has 0 spiro atoms. The first-order valence-electron chi connectivity index (χ1n) is 11.2. The Kier molecular flexibility index (Phi) is 5.70. The predicted molar refractivity (Wildman–Crippen MR) is 130 cm³/mol. The van der Waals surface area contributed by atoms with Gasteiger partial charge in [-0.15, -0.1) is 0 Å². The van der Waals surface area contributed by atoms with Gasteiger partial charge in [0.15, 0.2) is 0 Å². The van der Waals surface area contributed by atoms with E-state index in [0.717, 1.165) is 35.7 Å². The van der Waals surface area contributed by atoms with Gasteiger partial charge in [0, 0.05) is 35.2 Å². The summed E-state index contributed by atoms with van der Waals surface area (Å²) in [6.07, 6.45) is 9.27. The Hall–Kier alpha value is -4.22. The first-order valence-corrected chi connectivity index (χ1v) is 11.2. The van der Waals surface area contributed by atoms with Crippen LogP contribution in [0.15, 0.2) is 61.1 Å². The number of nitrogens with two attached hydrogens (primary N) is 1. The fourth-order valence-electron chi connectivity index (χ4n) is 4.26. The average molecular weight is 453 g/mol. The van der Waals surface area contributed by atoms with Crippen molar-refractivity contribution in [1.29, 1.82) is 0 Å². The minimum Gasteiger partial charge on any atom is -0.378 e. The number of aliphatic hydroxyl groups is 1. The van der Waals surface area contributed by atoms with Crippen LogP contribution in [0.3, 0.4) is 0 Å². The predicted octanol–water partition coefficient (Wildman–Crippen LogP) is 3.70. The van der Waals surface area contributed by atoms with Gasteiger partial charge in [-0.1, -0.05) is 24.3 Å². The number of rotatable bonds is 3. The zero-order valence-electron chi connectivity index (χ0n) is 18.5. The van der Waals surface area contributed by atoms with E-state index in [1.807, 2.05) is 18.2 Å². The van der Waals surface area contributed by atoms with Crippen LogP contribution in [0, 0.1) is 11.8 Å². The minimum atomic E-state index is -0.939. The molecule has 1 fully saturated rings.